The Morgan fingerprint density at radius 1 is 1.26 bits per heavy atom. The van der Waals surface area contributed by atoms with E-state index in [-0.39, 0.29) is 11.7 Å². The Bertz CT molecular complexity index is 967. The first-order chi connectivity index (χ1) is 14.6. The van der Waals surface area contributed by atoms with Crippen LogP contribution in [0.4, 0.5) is 10.1 Å². The van der Waals surface area contributed by atoms with Crippen LogP contribution in [-0.4, -0.2) is 46.0 Å². The SMILES string of the molecule is CCC(Oc1ccc(N(C)S(C)(=O)=O)cc1)C(=O)NCCSCc1c(F)cccc1Cl. The van der Waals surface area contributed by atoms with Crippen molar-refractivity contribution in [3.05, 3.63) is 58.9 Å². The first-order valence-electron chi connectivity index (χ1n) is 9.62. The summed E-state index contributed by atoms with van der Waals surface area (Å²) < 4.78 is 43.9. The van der Waals surface area contributed by atoms with Gasteiger partial charge >= 0.3 is 0 Å². The fourth-order valence-electron chi connectivity index (χ4n) is 2.62. The first-order valence-corrected chi connectivity index (χ1v) is 13.0. The zero-order valence-electron chi connectivity index (χ0n) is 17.6. The molecule has 2 rings (SSSR count). The highest BCUT2D eigenvalue weighted by atomic mass is 35.5. The summed E-state index contributed by atoms with van der Waals surface area (Å²) in [6.45, 7) is 2.25. The van der Waals surface area contributed by atoms with Crippen molar-refractivity contribution in [3.63, 3.8) is 0 Å². The van der Waals surface area contributed by atoms with E-state index in [0.717, 1.165) is 10.6 Å². The average Bonchev–Trinajstić information content (AvgIpc) is 2.72. The topological polar surface area (TPSA) is 75.7 Å². The van der Waals surface area contributed by atoms with Crippen LogP contribution in [0, 0.1) is 5.82 Å². The number of sulfonamides is 1. The largest absolute Gasteiger partial charge is 0.481 e. The highest BCUT2D eigenvalue weighted by Crippen LogP contribution is 2.24. The van der Waals surface area contributed by atoms with E-state index in [1.165, 1.54) is 24.9 Å². The lowest BCUT2D eigenvalue weighted by Crippen LogP contribution is -2.39. The van der Waals surface area contributed by atoms with Crippen molar-refractivity contribution in [2.75, 3.05) is 29.9 Å². The molecule has 0 saturated heterocycles. The molecule has 6 nitrogen and oxygen atoms in total. The summed E-state index contributed by atoms with van der Waals surface area (Å²) >= 11 is 7.48. The molecule has 1 N–H and O–H groups in total. The molecule has 0 saturated carbocycles. The molecule has 1 atom stereocenters. The minimum absolute atomic E-state index is 0.246. The van der Waals surface area contributed by atoms with Crippen LogP contribution in [0.1, 0.15) is 18.9 Å². The monoisotopic (exact) mass is 488 g/mol. The molecule has 31 heavy (non-hydrogen) atoms. The van der Waals surface area contributed by atoms with Gasteiger partial charge in [-0.05, 0) is 42.8 Å². The number of thioether (sulfide) groups is 1. The normalized spacial score (nSPS) is 12.3. The molecule has 0 aromatic heterocycles. The second kappa shape index (κ2) is 11.6. The van der Waals surface area contributed by atoms with Crippen molar-refractivity contribution < 1.29 is 22.3 Å². The van der Waals surface area contributed by atoms with Gasteiger partial charge in [0.1, 0.15) is 11.6 Å². The molecular formula is C21H26ClFN2O4S2. The summed E-state index contributed by atoms with van der Waals surface area (Å²) in [6.07, 6.45) is 0.914. The molecule has 0 aliphatic carbocycles. The number of amides is 1. The fourth-order valence-corrected chi connectivity index (χ4v) is 4.32. The van der Waals surface area contributed by atoms with E-state index in [1.807, 2.05) is 6.92 Å². The van der Waals surface area contributed by atoms with Gasteiger partial charge in [0.25, 0.3) is 5.91 Å². The lowest BCUT2D eigenvalue weighted by molar-refractivity contribution is -0.127. The summed E-state index contributed by atoms with van der Waals surface area (Å²) in [4.78, 5) is 12.4. The number of halogens is 2. The molecule has 2 aromatic rings. The van der Waals surface area contributed by atoms with E-state index in [9.17, 15) is 17.6 Å². The van der Waals surface area contributed by atoms with Gasteiger partial charge < -0.3 is 10.1 Å². The van der Waals surface area contributed by atoms with E-state index in [0.29, 0.717) is 46.5 Å². The highest BCUT2D eigenvalue weighted by molar-refractivity contribution is 7.98. The van der Waals surface area contributed by atoms with Crippen LogP contribution in [-0.2, 0) is 20.6 Å². The van der Waals surface area contributed by atoms with Gasteiger partial charge in [0, 0.05) is 35.7 Å². The van der Waals surface area contributed by atoms with Crippen LogP contribution in [0.3, 0.4) is 0 Å². The smallest absolute Gasteiger partial charge is 0.261 e. The minimum Gasteiger partial charge on any atom is -0.481 e. The van der Waals surface area contributed by atoms with Gasteiger partial charge in [-0.25, -0.2) is 12.8 Å². The number of benzene rings is 2. The molecule has 0 bridgehead atoms. The van der Waals surface area contributed by atoms with Crippen LogP contribution in [0.2, 0.25) is 5.02 Å². The highest BCUT2D eigenvalue weighted by Gasteiger charge is 2.18. The second-order valence-electron chi connectivity index (χ2n) is 6.78. The third kappa shape index (κ3) is 7.59. The molecule has 0 aliphatic heterocycles. The van der Waals surface area contributed by atoms with Crippen LogP contribution < -0.4 is 14.4 Å². The molecule has 0 spiro atoms. The Kier molecular flexibility index (Phi) is 9.46. The van der Waals surface area contributed by atoms with E-state index >= 15 is 0 Å². The summed E-state index contributed by atoms with van der Waals surface area (Å²) in [6, 6.07) is 11.1. The molecule has 1 unspecified atom stereocenters. The summed E-state index contributed by atoms with van der Waals surface area (Å²) in [5.74, 6) is 0.903. The molecule has 10 heteroatoms. The Morgan fingerprint density at radius 2 is 1.94 bits per heavy atom. The molecule has 0 radical (unpaired) electrons. The third-order valence-corrected chi connectivity index (χ3v) is 7.04. The number of hydrogen-bond donors (Lipinski definition) is 1. The standard InChI is InChI=1S/C21H26ClFN2O4S2/c1-4-20(29-16-10-8-15(9-11-16)25(2)31(3,27)28)21(26)24-12-13-30-14-17-18(22)6-5-7-19(17)23/h5-11,20H,4,12-14H2,1-3H3,(H,24,26). The van der Waals surface area contributed by atoms with Crippen molar-refractivity contribution in [2.24, 2.45) is 0 Å². The first kappa shape index (κ1) is 25.3. The van der Waals surface area contributed by atoms with Crippen molar-refractivity contribution in [2.45, 2.75) is 25.2 Å². The number of ether oxygens (including phenoxy) is 1. The quantitative estimate of drug-likeness (QED) is 0.482. The Hall–Kier alpha value is -1.97. The maximum Gasteiger partial charge on any atom is 0.261 e. The Labute approximate surface area is 192 Å². The number of anilines is 1. The van der Waals surface area contributed by atoms with Gasteiger partial charge in [-0.15, -0.1) is 0 Å². The van der Waals surface area contributed by atoms with Crippen LogP contribution >= 0.6 is 23.4 Å². The van der Waals surface area contributed by atoms with Gasteiger partial charge in [-0.1, -0.05) is 24.6 Å². The molecule has 2 aromatic carbocycles. The maximum absolute atomic E-state index is 13.8. The van der Waals surface area contributed by atoms with Crippen LogP contribution in [0.5, 0.6) is 5.75 Å². The molecule has 0 fully saturated rings. The van der Waals surface area contributed by atoms with Crippen LogP contribution in [0.15, 0.2) is 42.5 Å². The fraction of sp³-hybridized carbons (Fsp3) is 0.381. The van der Waals surface area contributed by atoms with E-state index < -0.39 is 16.1 Å². The molecule has 0 heterocycles. The summed E-state index contributed by atoms with van der Waals surface area (Å²) in [7, 11) is -1.89. The minimum atomic E-state index is -3.35. The number of carbonyl (C=O) groups is 1. The van der Waals surface area contributed by atoms with E-state index in [4.69, 9.17) is 16.3 Å². The van der Waals surface area contributed by atoms with Crippen molar-refractivity contribution in [1.82, 2.24) is 5.32 Å². The lowest BCUT2D eigenvalue weighted by atomic mass is 10.2. The van der Waals surface area contributed by atoms with Crippen molar-refractivity contribution in [1.29, 1.82) is 0 Å². The zero-order valence-corrected chi connectivity index (χ0v) is 20.0. The number of carbonyl (C=O) groups excluding carboxylic acids is 1. The number of rotatable bonds is 11. The number of nitrogens with one attached hydrogen (secondary N) is 1. The second-order valence-corrected chi connectivity index (χ2v) is 10.3. The Morgan fingerprint density at radius 3 is 2.52 bits per heavy atom. The number of hydrogen-bond acceptors (Lipinski definition) is 5. The van der Waals surface area contributed by atoms with Gasteiger partial charge in [0.2, 0.25) is 10.0 Å². The molecular weight excluding hydrogens is 463 g/mol. The van der Waals surface area contributed by atoms with Crippen molar-refractivity contribution >= 4 is 45.0 Å². The summed E-state index contributed by atoms with van der Waals surface area (Å²) in [5.41, 5.74) is 0.958. The van der Waals surface area contributed by atoms with E-state index in [1.54, 1.807) is 36.4 Å². The lowest BCUT2D eigenvalue weighted by Gasteiger charge is -2.19. The molecule has 0 aliphatic rings. The maximum atomic E-state index is 13.8. The van der Waals surface area contributed by atoms with Gasteiger partial charge in [0.15, 0.2) is 6.10 Å². The Balaban J connectivity index is 1.81. The zero-order chi connectivity index (χ0) is 23.0. The third-order valence-electron chi connectivity index (χ3n) is 4.49. The van der Waals surface area contributed by atoms with E-state index in [2.05, 4.69) is 5.32 Å². The number of nitrogens with zero attached hydrogens (tertiary/aromatic N) is 1. The van der Waals surface area contributed by atoms with Gasteiger partial charge in [0.05, 0.1) is 11.9 Å². The predicted molar refractivity (Wildman–Crippen MR) is 125 cm³/mol. The molecule has 1 amide bonds. The van der Waals surface area contributed by atoms with Crippen LogP contribution in [0.25, 0.3) is 0 Å². The van der Waals surface area contributed by atoms with Gasteiger partial charge in [-0.3, -0.25) is 9.10 Å². The van der Waals surface area contributed by atoms with Crippen molar-refractivity contribution in [3.8, 4) is 5.75 Å². The average molecular weight is 489 g/mol. The van der Waals surface area contributed by atoms with Gasteiger partial charge in [-0.2, -0.15) is 11.8 Å². The predicted octanol–water partition coefficient (Wildman–Crippen LogP) is 4.08. The summed E-state index contributed by atoms with van der Waals surface area (Å²) in [5, 5.41) is 3.21. The molecule has 170 valence electrons.